The van der Waals surface area contributed by atoms with Gasteiger partial charge in [0.05, 0.1) is 18.9 Å². The van der Waals surface area contributed by atoms with Crippen molar-refractivity contribution in [3.8, 4) is 5.75 Å². The maximum absolute atomic E-state index is 13.1. The molecule has 0 saturated carbocycles. The summed E-state index contributed by atoms with van der Waals surface area (Å²) in [5, 5.41) is 0.543. The summed E-state index contributed by atoms with van der Waals surface area (Å²) in [6, 6.07) is 7.16. The van der Waals surface area contributed by atoms with Crippen LogP contribution in [0.15, 0.2) is 47.1 Å². The van der Waals surface area contributed by atoms with E-state index in [-0.39, 0.29) is 17.4 Å². The van der Waals surface area contributed by atoms with E-state index >= 15 is 0 Å². The van der Waals surface area contributed by atoms with Crippen molar-refractivity contribution in [1.82, 2.24) is 4.98 Å². The lowest BCUT2D eigenvalue weighted by atomic mass is 10.1. The number of rotatable bonds is 3. The zero-order valence-electron chi connectivity index (χ0n) is 10.6. The van der Waals surface area contributed by atoms with Gasteiger partial charge in [-0.3, -0.25) is 9.78 Å². The van der Waals surface area contributed by atoms with Crippen LogP contribution in [0.5, 0.6) is 5.75 Å². The van der Waals surface area contributed by atoms with E-state index in [1.54, 1.807) is 6.07 Å². The molecule has 0 atom stereocenters. The molecule has 0 aliphatic carbocycles. The molecule has 2 aromatic heterocycles. The van der Waals surface area contributed by atoms with Crippen LogP contribution < -0.4 is 4.74 Å². The zero-order valence-corrected chi connectivity index (χ0v) is 10.6. The molecule has 0 N–H and O–H groups in total. The molecule has 0 aliphatic heterocycles. The summed E-state index contributed by atoms with van der Waals surface area (Å²) in [6.07, 6.45) is 2.95. The topological polar surface area (TPSA) is 52.3 Å². The molecule has 0 bridgehead atoms. The largest absolute Gasteiger partial charge is 0.494 e. The van der Waals surface area contributed by atoms with Crippen LogP contribution in [0, 0.1) is 5.82 Å². The SMILES string of the molecule is COc1cnccc1C(=O)c1cc2cc(F)ccc2o1. The van der Waals surface area contributed by atoms with Gasteiger partial charge in [0.25, 0.3) is 0 Å². The molecule has 5 heteroatoms. The first-order chi connectivity index (χ1) is 9.69. The number of methoxy groups -OCH3 is 1. The van der Waals surface area contributed by atoms with Gasteiger partial charge in [-0.2, -0.15) is 0 Å². The van der Waals surface area contributed by atoms with Gasteiger partial charge in [-0.15, -0.1) is 0 Å². The second-order valence-corrected chi connectivity index (χ2v) is 4.20. The number of aromatic nitrogens is 1. The van der Waals surface area contributed by atoms with Crippen LogP contribution >= 0.6 is 0 Å². The van der Waals surface area contributed by atoms with Gasteiger partial charge in [0.15, 0.2) is 5.76 Å². The highest BCUT2D eigenvalue weighted by Crippen LogP contribution is 2.25. The van der Waals surface area contributed by atoms with Crippen LogP contribution in [0.3, 0.4) is 0 Å². The van der Waals surface area contributed by atoms with Gasteiger partial charge < -0.3 is 9.15 Å². The number of benzene rings is 1. The highest BCUT2D eigenvalue weighted by molar-refractivity contribution is 6.10. The summed E-state index contributed by atoms with van der Waals surface area (Å²) in [6.45, 7) is 0. The Hall–Kier alpha value is -2.69. The number of hydrogen-bond donors (Lipinski definition) is 0. The smallest absolute Gasteiger partial charge is 0.232 e. The van der Waals surface area contributed by atoms with Gasteiger partial charge in [-0.1, -0.05) is 0 Å². The summed E-state index contributed by atoms with van der Waals surface area (Å²) >= 11 is 0. The highest BCUT2D eigenvalue weighted by Gasteiger charge is 2.18. The number of ether oxygens (including phenoxy) is 1. The standard InChI is InChI=1S/C15H10FNO3/c1-19-14-8-17-5-4-11(14)15(18)13-7-9-6-10(16)2-3-12(9)20-13/h2-8H,1H3. The second-order valence-electron chi connectivity index (χ2n) is 4.20. The monoisotopic (exact) mass is 271 g/mol. The molecule has 2 heterocycles. The minimum atomic E-state index is -0.376. The molecule has 1 aromatic carbocycles. The normalized spacial score (nSPS) is 10.7. The number of nitrogens with zero attached hydrogens (tertiary/aromatic N) is 1. The molecule has 3 aromatic rings. The number of ketones is 1. The van der Waals surface area contributed by atoms with Crippen LogP contribution in [0.2, 0.25) is 0 Å². The van der Waals surface area contributed by atoms with Crippen LogP contribution in [0.1, 0.15) is 16.1 Å². The van der Waals surface area contributed by atoms with Gasteiger partial charge in [0.2, 0.25) is 5.78 Å². The van der Waals surface area contributed by atoms with Crippen molar-refractivity contribution in [2.24, 2.45) is 0 Å². The molecule has 0 spiro atoms. The third-order valence-electron chi connectivity index (χ3n) is 2.95. The van der Waals surface area contributed by atoms with E-state index in [1.807, 2.05) is 0 Å². The Morgan fingerprint density at radius 2 is 2.15 bits per heavy atom. The average molecular weight is 271 g/mol. The maximum Gasteiger partial charge on any atom is 0.232 e. The lowest BCUT2D eigenvalue weighted by Crippen LogP contribution is -2.02. The minimum Gasteiger partial charge on any atom is -0.494 e. The number of hydrogen-bond acceptors (Lipinski definition) is 4. The van der Waals surface area contributed by atoms with E-state index in [1.165, 1.54) is 43.8 Å². The van der Waals surface area contributed by atoms with Crippen LogP contribution in [-0.2, 0) is 0 Å². The minimum absolute atomic E-state index is 0.134. The number of carbonyl (C=O) groups is 1. The van der Waals surface area contributed by atoms with Gasteiger partial charge in [0, 0.05) is 11.6 Å². The second kappa shape index (κ2) is 4.77. The number of furan rings is 1. The van der Waals surface area contributed by atoms with E-state index in [9.17, 15) is 9.18 Å². The summed E-state index contributed by atoms with van der Waals surface area (Å²) in [7, 11) is 1.46. The Balaban J connectivity index is 2.08. The van der Waals surface area contributed by atoms with Crippen LogP contribution in [-0.4, -0.2) is 17.9 Å². The van der Waals surface area contributed by atoms with Gasteiger partial charge in [-0.05, 0) is 30.3 Å². The first-order valence-corrected chi connectivity index (χ1v) is 5.91. The highest BCUT2D eigenvalue weighted by atomic mass is 19.1. The van der Waals surface area contributed by atoms with E-state index in [0.29, 0.717) is 22.3 Å². The number of pyridine rings is 1. The first kappa shape index (κ1) is 12.3. The molecule has 0 radical (unpaired) electrons. The fourth-order valence-corrected chi connectivity index (χ4v) is 1.99. The van der Waals surface area contributed by atoms with Crippen molar-refractivity contribution < 1.29 is 18.3 Å². The van der Waals surface area contributed by atoms with Crippen LogP contribution in [0.4, 0.5) is 4.39 Å². The molecule has 0 fully saturated rings. The van der Waals surface area contributed by atoms with Crippen molar-refractivity contribution in [1.29, 1.82) is 0 Å². The van der Waals surface area contributed by atoms with E-state index in [4.69, 9.17) is 9.15 Å². The molecule has 0 saturated heterocycles. The Bertz CT molecular complexity index is 795. The first-order valence-electron chi connectivity index (χ1n) is 5.91. The van der Waals surface area contributed by atoms with E-state index in [2.05, 4.69) is 4.98 Å². The third-order valence-corrected chi connectivity index (χ3v) is 2.95. The number of halogens is 1. The fraction of sp³-hybridized carbons (Fsp3) is 0.0667. The molecule has 0 unspecified atom stereocenters. The average Bonchev–Trinajstić information content (AvgIpc) is 2.89. The Kier molecular flexibility index (Phi) is 2.95. The zero-order chi connectivity index (χ0) is 14.1. The van der Waals surface area contributed by atoms with E-state index < -0.39 is 0 Å². The summed E-state index contributed by atoms with van der Waals surface area (Å²) < 4.78 is 23.7. The summed E-state index contributed by atoms with van der Waals surface area (Å²) in [5.41, 5.74) is 0.810. The lowest BCUT2D eigenvalue weighted by Gasteiger charge is -2.04. The summed E-state index contributed by atoms with van der Waals surface area (Å²) in [5.74, 6) is -0.209. The Morgan fingerprint density at radius 3 is 2.95 bits per heavy atom. The summed E-state index contributed by atoms with van der Waals surface area (Å²) in [4.78, 5) is 16.3. The molecular weight excluding hydrogens is 261 g/mol. The van der Waals surface area contributed by atoms with Gasteiger partial charge >= 0.3 is 0 Å². The maximum atomic E-state index is 13.1. The molecule has 20 heavy (non-hydrogen) atoms. The predicted molar refractivity (Wildman–Crippen MR) is 70.4 cm³/mol. The number of fused-ring (bicyclic) bond motifs is 1. The number of carbonyl (C=O) groups excluding carboxylic acids is 1. The third kappa shape index (κ3) is 2.03. The lowest BCUT2D eigenvalue weighted by molar-refractivity contribution is 0.101. The van der Waals surface area contributed by atoms with Crippen molar-refractivity contribution in [3.05, 3.63) is 59.9 Å². The van der Waals surface area contributed by atoms with Crippen molar-refractivity contribution in [2.75, 3.05) is 7.11 Å². The molecule has 0 aliphatic rings. The molecule has 3 rings (SSSR count). The molecule has 0 amide bonds. The Morgan fingerprint density at radius 1 is 1.30 bits per heavy atom. The van der Waals surface area contributed by atoms with E-state index in [0.717, 1.165) is 0 Å². The predicted octanol–water partition coefficient (Wildman–Crippen LogP) is 3.21. The molecule has 4 nitrogen and oxygen atoms in total. The van der Waals surface area contributed by atoms with Gasteiger partial charge in [-0.25, -0.2) is 4.39 Å². The van der Waals surface area contributed by atoms with Crippen LogP contribution in [0.25, 0.3) is 11.0 Å². The van der Waals surface area contributed by atoms with Gasteiger partial charge in [0.1, 0.15) is 17.1 Å². The Labute approximate surface area is 113 Å². The van der Waals surface area contributed by atoms with Crippen molar-refractivity contribution >= 4 is 16.8 Å². The quantitative estimate of drug-likeness (QED) is 0.686. The van der Waals surface area contributed by atoms with Crippen molar-refractivity contribution in [2.45, 2.75) is 0 Å². The van der Waals surface area contributed by atoms with Crippen molar-refractivity contribution in [3.63, 3.8) is 0 Å². The fourth-order valence-electron chi connectivity index (χ4n) is 1.99. The molecule has 100 valence electrons. The molecular formula is C15H10FNO3.